The number of hydrogen-bond donors (Lipinski definition) is 2. The molecule has 5 rings (SSSR count). The lowest BCUT2D eigenvalue weighted by Gasteiger charge is -2.54. The molecule has 3 saturated heterocycles. The Bertz CT molecular complexity index is 954. The van der Waals surface area contributed by atoms with Crippen molar-refractivity contribution >= 4 is 0 Å². The van der Waals surface area contributed by atoms with Crippen LogP contribution in [-0.2, 0) is 23.2 Å². The molecule has 2 N–H and O–H groups in total. The first-order valence-corrected chi connectivity index (χ1v) is 10.3. The molecule has 29 heavy (non-hydrogen) atoms. The second kappa shape index (κ2) is 8.16. The van der Waals surface area contributed by atoms with Gasteiger partial charge < -0.3 is 14.8 Å². The van der Waals surface area contributed by atoms with Gasteiger partial charge in [0.1, 0.15) is 11.6 Å². The molecular weight excluding hydrogens is 364 g/mol. The van der Waals surface area contributed by atoms with Crippen molar-refractivity contribution in [3.63, 3.8) is 0 Å². The highest BCUT2D eigenvalue weighted by molar-refractivity contribution is 5.39. The number of hydrogen-bond acceptors (Lipinski definition) is 4. The van der Waals surface area contributed by atoms with Gasteiger partial charge in [-0.1, -0.05) is 36.3 Å². The highest BCUT2D eigenvalue weighted by atomic mass is 16.5. The zero-order chi connectivity index (χ0) is 20.4. The van der Waals surface area contributed by atoms with Crippen LogP contribution in [0.4, 0.5) is 0 Å². The first kappa shape index (κ1) is 19.9. The van der Waals surface area contributed by atoms with E-state index in [1.54, 1.807) is 13.2 Å². The first-order valence-electron chi connectivity index (χ1n) is 10.3. The maximum Gasteiger partial charge on any atom is 0.188 e. The number of H-pyrrole nitrogens is 1. The molecule has 5 heteroatoms. The van der Waals surface area contributed by atoms with E-state index in [9.17, 15) is 9.90 Å². The van der Waals surface area contributed by atoms with Crippen LogP contribution >= 0.6 is 0 Å². The number of nitrogens with one attached hydrogen (secondary N) is 1. The summed E-state index contributed by atoms with van der Waals surface area (Å²) < 4.78 is 5.18. The summed E-state index contributed by atoms with van der Waals surface area (Å²) in [6, 6.07) is 11.1. The van der Waals surface area contributed by atoms with Crippen LogP contribution in [0, 0.1) is 18.3 Å². The van der Waals surface area contributed by atoms with Crippen LogP contribution in [0.1, 0.15) is 35.4 Å². The minimum Gasteiger partial charge on any atom is -0.384 e. The average molecular weight is 392 g/mol. The minimum atomic E-state index is -1.33. The van der Waals surface area contributed by atoms with Crippen molar-refractivity contribution in [1.82, 2.24) is 9.88 Å². The number of benzene rings is 1. The van der Waals surface area contributed by atoms with E-state index in [1.165, 1.54) is 0 Å². The Morgan fingerprint density at radius 3 is 2.69 bits per heavy atom. The number of aliphatic hydroxyl groups is 1. The van der Waals surface area contributed by atoms with E-state index in [1.807, 2.05) is 30.3 Å². The monoisotopic (exact) mass is 392 g/mol. The van der Waals surface area contributed by atoms with Gasteiger partial charge in [-0.25, -0.2) is 0 Å². The number of nitrogens with zero attached hydrogens (tertiary/aromatic N) is 1. The zero-order valence-corrected chi connectivity index (χ0v) is 16.9. The maximum absolute atomic E-state index is 13.3. The number of aromatic amines is 1. The fraction of sp³-hybridized carbons (Fsp3) is 0.458. The molecule has 2 aromatic rings. The number of fused-ring (bicyclic) bond motifs is 3. The summed E-state index contributed by atoms with van der Waals surface area (Å²) in [6.07, 6.45) is 8.73. The van der Waals surface area contributed by atoms with Crippen LogP contribution in [0.5, 0.6) is 0 Å². The molecule has 1 aromatic heterocycles. The normalized spacial score (nSPS) is 28.2. The molecule has 0 amide bonds. The predicted molar refractivity (Wildman–Crippen MR) is 113 cm³/mol. The quantitative estimate of drug-likeness (QED) is 0.739. The molecule has 2 bridgehead atoms. The van der Waals surface area contributed by atoms with Gasteiger partial charge in [-0.2, -0.15) is 0 Å². The molecule has 5 nitrogen and oxygen atoms in total. The Balaban J connectivity index is 1.85. The smallest absolute Gasteiger partial charge is 0.188 e. The third kappa shape index (κ3) is 3.53. The van der Waals surface area contributed by atoms with E-state index in [0.29, 0.717) is 25.0 Å². The number of rotatable bonds is 6. The summed E-state index contributed by atoms with van der Waals surface area (Å²) in [5.74, 6) is 2.79. The summed E-state index contributed by atoms with van der Waals surface area (Å²) in [5, 5.41) is 12.0. The largest absolute Gasteiger partial charge is 0.384 e. The van der Waals surface area contributed by atoms with Gasteiger partial charge in [0.15, 0.2) is 5.43 Å². The minimum absolute atomic E-state index is 0.00556. The third-order valence-corrected chi connectivity index (χ3v) is 6.46. The molecule has 3 aliphatic heterocycles. The fourth-order valence-electron chi connectivity index (χ4n) is 5.06. The maximum atomic E-state index is 13.3. The molecule has 0 aliphatic carbocycles. The van der Waals surface area contributed by atoms with Gasteiger partial charge >= 0.3 is 0 Å². The Labute approximate surface area is 171 Å². The molecule has 3 aliphatic rings. The number of terminal acetylenes is 1. The molecule has 4 heterocycles. The molecule has 152 valence electrons. The van der Waals surface area contributed by atoms with Gasteiger partial charge in [0, 0.05) is 37.4 Å². The second-order valence-corrected chi connectivity index (χ2v) is 8.12. The summed E-state index contributed by atoms with van der Waals surface area (Å²) in [7, 11) is 1.64. The van der Waals surface area contributed by atoms with E-state index in [4.69, 9.17) is 11.2 Å². The van der Waals surface area contributed by atoms with Crippen molar-refractivity contribution < 1.29 is 9.84 Å². The lowest BCUT2D eigenvalue weighted by Crippen LogP contribution is -2.64. The van der Waals surface area contributed by atoms with Crippen LogP contribution < -0.4 is 5.43 Å². The van der Waals surface area contributed by atoms with Crippen LogP contribution in [0.15, 0.2) is 41.2 Å². The van der Waals surface area contributed by atoms with Gasteiger partial charge in [0.2, 0.25) is 0 Å². The number of methoxy groups -OCH3 is 1. The first-order chi connectivity index (χ1) is 14.1. The molecule has 3 fully saturated rings. The molecule has 0 spiro atoms. The van der Waals surface area contributed by atoms with E-state index in [2.05, 4.69) is 15.8 Å². The standard InChI is InChI=1S/C24H28N2O3/c1-3-22-24(28,18-9-12-26(22)13-10-18)23-20(15-17-7-5-4-6-8-17)25-19(11-14-29-2)16-21(23)27/h1,4-8,16,18,22,28H,9-15H2,2H3,(H,25,27)/t22?,24-/m0/s1. The van der Waals surface area contributed by atoms with Crippen molar-refractivity contribution in [2.24, 2.45) is 5.92 Å². The van der Waals surface area contributed by atoms with E-state index in [-0.39, 0.29) is 11.3 Å². The Morgan fingerprint density at radius 1 is 1.31 bits per heavy atom. The highest BCUT2D eigenvalue weighted by Gasteiger charge is 2.55. The molecular formula is C24H28N2O3. The summed E-state index contributed by atoms with van der Waals surface area (Å²) >= 11 is 0. The van der Waals surface area contributed by atoms with Gasteiger partial charge in [0.05, 0.1) is 12.2 Å². The van der Waals surface area contributed by atoms with E-state index >= 15 is 0 Å². The molecule has 2 atom stereocenters. The molecule has 1 aromatic carbocycles. The summed E-state index contributed by atoms with van der Waals surface area (Å²) in [5.41, 5.74) is 1.62. The Kier molecular flexibility index (Phi) is 5.60. The molecule has 1 unspecified atom stereocenters. The Hall–Kier alpha value is -2.39. The number of aromatic nitrogens is 1. The Morgan fingerprint density at radius 2 is 2.03 bits per heavy atom. The van der Waals surface area contributed by atoms with Gasteiger partial charge in [-0.3, -0.25) is 9.69 Å². The molecule has 0 saturated carbocycles. The number of piperidine rings is 3. The average Bonchev–Trinajstić information content (AvgIpc) is 2.73. The van der Waals surface area contributed by atoms with Crippen LogP contribution in [0.3, 0.4) is 0 Å². The summed E-state index contributed by atoms with van der Waals surface area (Å²) in [6.45, 7) is 2.27. The van der Waals surface area contributed by atoms with Crippen LogP contribution in [-0.4, -0.2) is 47.8 Å². The van der Waals surface area contributed by atoms with Crippen molar-refractivity contribution in [3.8, 4) is 12.3 Å². The van der Waals surface area contributed by atoms with Gasteiger partial charge in [0.25, 0.3) is 0 Å². The van der Waals surface area contributed by atoms with Gasteiger partial charge in [-0.05, 0) is 37.4 Å². The van der Waals surface area contributed by atoms with E-state index < -0.39 is 11.6 Å². The fourth-order valence-corrected chi connectivity index (χ4v) is 5.06. The van der Waals surface area contributed by atoms with Crippen molar-refractivity contribution in [1.29, 1.82) is 0 Å². The zero-order valence-electron chi connectivity index (χ0n) is 16.9. The predicted octanol–water partition coefficient (Wildman–Crippen LogP) is 2.07. The second-order valence-electron chi connectivity index (χ2n) is 8.12. The number of pyridine rings is 1. The SMILES string of the molecule is C#CC1N2CCC(CC2)[C@@]1(O)c1c(Cc2ccccc2)[nH]c(CCOC)cc1=O. The molecule has 0 radical (unpaired) electrons. The number of ether oxygens (including phenoxy) is 1. The van der Waals surface area contributed by atoms with Crippen molar-refractivity contribution in [2.45, 2.75) is 37.3 Å². The lowest BCUT2D eigenvalue weighted by atomic mass is 9.66. The highest BCUT2D eigenvalue weighted by Crippen LogP contribution is 2.46. The topological polar surface area (TPSA) is 65.6 Å². The van der Waals surface area contributed by atoms with Crippen molar-refractivity contribution in [3.05, 3.63) is 69.1 Å². The van der Waals surface area contributed by atoms with Gasteiger partial charge in [-0.15, -0.1) is 6.42 Å². The van der Waals surface area contributed by atoms with Crippen molar-refractivity contribution in [2.75, 3.05) is 26.8 Å². The lowest BCUT2D eigenvalue weighted by molar-refractivity contribution is -0.144. The summed E-state index contributed by atoms with van der Waals surface area (Å²) in [4.78, 5) is 18.9. The van der Waals surface area contributed by atoms with Crippen LogP contribution in [0.25, 0.3) is 0 Å². The third-order valence-electron chi connectivity index (χ3n) is 6.46. The van der Waals surface area contributed by atoms with Crippen LogP contribution in [0.2, 0.25) is 0 Å². The van der Waals surface area contributed by atoms with E-state index in [0.717, 1.165) is 42.9 Å².